The average Bonchev–Trinajstić information content (AvgIpc) is 2.23. The van der Waals surface area contributed by atoms with Crippen molar-refractivity contribution in [1.29, 1.82) is 0 Å². The summed E-state index contributed by atoms with van der Waals surface area (Å²) >= 11 is 0. The van der Waals surface area contributed by atoms with Gasteiger partial charge in [0.2, 0.25) is 5.91 Å². The molecule has 2 N–H and O–H groups in total. The number of carbonyl (C=O) groups excluding carboxylic acids is 2. The highest BCUT2D eigenvalue weighted by molar-refractivity contribution is 5.94. The molecule has 19 heavy (non-hydrogen) atoms. The molecule has 0 atom stereocenters. The second-order valence-electron chi connectivity index (χ2n) is 3.73. The number of imide groups is 1. The predicted molar refractivity (Wildman–Crippen MR) is 58.3 cm³/mol. The lowest BCUT2D eigenvalue weighted by Gasteiger charge is -2.22. The van der Waals surface area contributed by atoms with E-state index in [1.165, 1.54) is 6.92 Å². The number of carbonyl (C=O) groups is 3. The van der Waals surface area contributed by atoms with Crippen LogP contribution in [0.1, 0.15) is 26.2 Å². The van der Waals surface area contributed by atoms with E-state index in [1.807, 2.05) is 0 Å². The molecule has 0 aliphatic heterocycles. The minimum atomic E-state index is -4.54. The van der Waals surface area contributed by atoms with E-state index in [2.05, 4.69) is 0 Å². The van der Waals surface area contributed by atoms with Crippen LogP contribution in [0, 0.1) is 0 Å². The van der Waals surface area contributed by atoms with Crippen LogP contribution < -0.4 is 5.32 Å². The molecule has 0 spiro atoms. The SMILES string of the molecule is CCN(CC(F)(F)F)C(=O)NC(=O)CCCC(=O)O. The largest absolute Gasteiger partial charge is 0.481 e. The van der Waals surface area contributed by atoms with Crippen LogP contribution in [0.2, 0.25) is 0 Å². The summed E-state index contributed by atoms with van der Waals surface area (Å²) in [6.07, 6.45) is -5.01. The maximum absolute atomic E-state index is 12.1. The molecule has 9 heteroatoms. The number of rotatable bonds is 6. The third-order valence-electron chi connectivity index (χ3n) is 2.08. The molecule has 0 aromatic rings. The zero-order valence-corrected chi connectivity index (χ0v) is 10.3. The average molecular weight is 284 g/mol. The van der Waals surface area contributed by atoms with Crippen LogP contribution in [0.5, 0.6) is 0 Å². The molecule has 0 aliphatic carbocycles. The quantitative estimate of drug-likeness (QED) is 0.771. The van der Waals surface area contributed by atoms with Crippen molar-refractivity contribution in [2.24, 2.45) is 0 Å². The third-order valence-corrected chi connectivity index (χ3v) is 2.08. The van der Waals surface area contributed by atoms with E-state index in [0.29, 0.717) is 4.90 Å². The number of alkyl halides is 3. The minimum Gasteiger partial charge on any atom is -0.481 e. The Labute approximate surface area is 107 Å². The van der Waals surface area contributed by atoms with E-state index in [4.69, 9.17) is 5.11 Å². The smallest absolute Gasteiger partial charge is 0.406 e. The molecule has 6 nitrogen and oxygen atoms in total. The first kappa shape index (κ1) is 17.2. The molecule has 0 saturated carbocycles. The summed E-state index contributed by atoms with van der Waals surface area (Å²) in [6.45, 7) is -0.300. The first-order valence-electron chi connectivity index (χ1n) is 5.53. The monoisotopic (exact) mass is 284 g/mol. The fourth-order valence-corrected chi connectivity index (χ4v) is 1.20. The van der Waals surface area contributed by atoms with Crippen molar-refractivity contribution in [2.75, 3.05) is 13.1 Å². The highest BCUT2D eigenvalue weighted by atomic mass is 19.4. The molecule has 0 bridgehead atoms. The first-order chi connectivity index (χ1) is 8.65. The van der Waals surface area contributed by atoms with Crippen LogP contribution in [-0.2, 0) is 9.59 Å². The second kappa shape index (κ2) is 7.59. The summed E-state index contributed by atoms with van der Waals surface area (Å²) in [5.41, 5.74) is 0. The summed E-state index contributed by atoms with van der Waals surface area (Å²) < 4.78 is 36.3. The van der Waals surface area contributed by atoms with Crippen LogP contribution in [0.3, 0.4) is 0 Å². The van der Waals surface area contributed by atoms with Gasteiger partial charge in [0, 0.05) is 19.4 Å². The van der Waals surface area contributed by atoms with Gasteiger partial charge in [-0.2, -0.15) is 13.2 Å². The number of hydrogen-bond donors (Lipinski definition) is 2. The lowest BCUT2D eigenvalue weighted by Crippen LogP contribution is -2.46. The zero-order valence-electron chi connectivity index (χ0n) is 10.3. The Hall–Kier alpha value is -1.80. The van der Waals surface area contributed by atoms with Crippen molar-refractivity contribution >= 4 is 17.9 Å². The number of amides is 3. The molecule has 3 amide bonds. The Morgan fingerprint density at radius 2 is 1.79 bits per heavy atom. The highest BCUT2D eigenvalue weighted by Gasteiger charge is 2.32. The van der Waals surface area contributed by atoms with Gasteiger partial charge in [-0.05, 0) is 13.3 Å². The van der Waals surface area contributed by atoms with Gasteiger partial charge in [0.15, 0.2) is 0 Å². The predicted octanol–water partition coefficient (Wildman–Crippen LogP) is 1.36. The van der Waals surface area contributed by atoms with E-state index in [1.54, 1.807) is 5.32 Å². The number of hydrogen-bond acceptors (Lipinski definition) is 3. The van der Waals surface area contributed by atoms with Crippen LogP contribution in [-0.4, -0.2) is 47.2 Å². The van der Waals surface area contributed by atoms with E-state index >= 15 is 0 Å². The minimum absolute atomic E-state index is 0.0137. The van der Waals surface area contributed by atoms with Crippen molar-refractivity contribution in [3.05, 3.63) is 0 Å². The molecule has 0 aromatic heterocycles. The Balaban J connectivity index is 4.18. The number of nitrogens with zero attached hydrogens (tertiary/aromatic N) is 1. The van der Waals surface area contributed by atoms with E-state index in [9.17, 15) is 27.6 Å². The number of aliphatic carboxylic acids is 1. The molecule has 0 heterocycles. The van der Waals surface area contributed by atoms with Gasteiger partial charge in [0.25, 0.3) is 0 Å². The molecule has 0 aliphatic rings. The summed E-state index contributed by atoms with van der Waals surface area (Å²) in [5, 5.41) is 10.1. The van der Waals surface area contributed by atoms with Crippen LogP contribution in [0.25, 0.3) is 0 Å². The summed E-state index contributed by atoms with van der Waals surface area (Å²) in [4.78, 5) is 33.1. The van der Waals surface area contributed by atoms with Crippen LogP contribution in [0.4, 0.5) is 18.0 Å². The van der Waals surface area contributed by atoms with Gasteiger partial charge in [-0.25, -0.2) is 4.79 Å². The number of carboxylic acid groups (broad SMARTS) is 1. The number of nitrogens with one attached hydrogen (secondary N) is 1. The lowest BCUT2D eigenvalue weighted by atomic mass is 10.2. The maximum Gasteiger partial charge on any atom is 0.406 e. The van der Waals surface area contributed by atoms with Gasteiger partial charge in [0.05, 0.1) is 0 Å². The van der Waals surface area contributed by atoms with Crippen molar-refractivity contribution < 1.29 is 32.7 Å². The van der Waals surface area contributed by atoms with Crippen molar-refractivity contribution in [2.45, 2.75) is 32.4 Å². The number of carboxylic acids is 1. The van der Waals surface area contributed by atoms with Gasteiger partial charge < -0.3 is 10.0 Å². The highest BCUT2D eigenvalue weighted by Crippen LogP contribution is 2.16. The number of urea groups is 1. The van der Waals surface area contributed by atoms with E-state index in [-0.39, 0.29) is 25.8 Å². The molecule has 0 saturated heterocycles. The Morgan fingerprint density at radius 1 is 1.21 bits per heavy atom. The van der Waals surface area contributed by atoms with Crippen molar-refractivity contribution in [3.8, 4) is 0 Å². The molecule has 0 aromatic carbocycles. The second-order valence-corrected chi connectivity index (χ2v) is 3.73. The fraction of sp³-hybridized carbons (Fsp3) is 0.700. The van der Waals surface area contributed by atoms with Crippen LogP contribution >= 0.6 is 0 Å². The number of halogens is 3. The fourth-order valence-electron chi connectivity index (χ4n) is 1.20. The summed E-state index contributed by atoms with van der Waals surface area (Å²) in [7, 11) is 0. The van der Waals surface area contributed by atoms with E-state index in [0.717, 1.165) is 0 Å². The molecular formula is C10H15F3N2O4. The van der Waals surface area contributed by atoms with Gasteiger partial charge >= 0.3 is 18.2 Å². The van der Waals surface area contributed by atoms with Crippen molar-refractivity contribution in [3.63, 3.8) is 0 Å². The first-order valence-corrected chi connectivity index (χ1v) is 5.53. The van der Waals surface area contributed by atoms with Gasteiger partial charge in [0.1, 0.15) is 6.54 Å². The van der Waals surface area contributed by atoms with Crippen LogP contribution in [0.15, 0.2) is 0 Å². The molecule has 110 valence electrons. The molecule has 0 unspecified atom stereocenters. The topological polar surface area (TPSA) is 86.7 Å². The van der Waals surface area contributed by atoms with Gasteiger partial charge in [-0.1, -0.05) is 0 Å². The zero-order chi connectivity index (χ0) is 15.1. The third kappa shape index (κ3) is 8.86. The lowest BCUT2D eigenvalue weighted by molar-refractivity contribution is -0.140. The van der Waals surface area contributed by atoms with E-state index < -0.39 is 30.6 Å². The molecule has 0 fully saturated rings. The Kier molecular flexibility index (Phi) is 6.87. The van der Waals surface area contributed by atoms with Gasteiger partial charge in [-0.3, -0.25) is 14.9 Å². The normalized spacial score (nSPS) is 10.9. The summed E-state index contributed by atoms with van der Waals surface area (Å²) in [5.74, 6) is -1.89. The standard InChI is InChI=1S/C10H15F3N2O4/c1-2-15(6-10(11,12)13)9(19)14-7(16)4-3-5-8(17)18/h2-6H2,1H3,(H,17,18)(H,14,16,19). The van der Waals surface area contributed by atoms with Crippen molar-refractivity contribution in [1.82, 2.24) is 10.2 Å². The molecule has 0 radical (unpaired) electrons. The summed E-state index contributed by atoms with van der Waals surface area (Å²) in [6, 6.07) is -1.14. The maximum atomic E-state index is 12.1. The Bertz CT molecular complexity index is 344. The molecule has 0 rings (SSSR count). The molecular weight excluding hydrogens is 269 g/mol. The Morgan fingerprint density at radius 3 is 2.21 bits per heavy atom. The van der Waals surface area contributed by atoms with Gasteiger partial charge in [-0.15, -0.1) is 0 Å².